The first-order valence-electron chi connectivity index (χ1n) is 4.09. The Hall–Kier alpha value is -0.510. The van der Waals surface area contributed by atoms with Crippen LogP contribution in [0.4, 0.5) is 0 Å². The molecule has 0 radical (unpaired) electrons. The minimum Gasteiger partial charge on any atom is -0.198 e. The molecule has 0 spiro atoms. The highest BCUT2D eigenvalue weighted by molar-refractivity contribution is 4.72. The molecule has 0 fully saturated rings. The topological polar surface area (TPSA) is 23.8 Å². The zero-order valence-electron chi connectivity index (χ0n) is 8.52. The van der Waals surface area contributed by atoms with Gasteiger partial charge in [0, 0.05) is 14.1 Å². The molecule has 0 amide bonds. The van der Waals surface area contributed by atoms with Gasteiger partial charge in [-0.05, 0) is 13.7 Å². The number of nitriles is 1. The van der Waals surface area contributed by atoms with Crippen LogP contribution in [-0.4, -0.2) is 0 Å². The van der Waals surface area contributed by atoms with Crippen molar-refractivity contribution in [1.29, 1.82) is 5.26 Å². The zero-order valence-corrected chi connectivity index (χ0v) is 2.52. The molecule has 0 bridgehead atoms. The molecule has 1 nitrogen and oxygen atoms in total. The number of rotatable bonds is 0. The normalized spacial score (nSPS) is 30.4. The average molecular weight is 75.1 g/mol. The standard InChI is InChI=1S/C4H7N/c1-4(2)3-5/h4H,1-2H3/i1D3,2D3. The van der Waals surface area contributed by atoms with E-state index in [0.29, 0.717) is 0 Å². The molecule has 0 aromatic rings. The second-order valence-corrected chi connectivity index (χ2v) is 0.562. The molecule has 1 heteroatoms. The van der Waals surface area contributed by atoms with Gasteiger partial charge in [-0.2, -0.15) is 5.26 Å². The Labute approximate surface area is 40.7 Å². The van der Waals surface area contributed by atoms with E-state index in [4.69, 9.17) is 13.5 Å². The predicted octanol–water partition coefficient (Wildman–Crippen LogP) is 1.17. The molecule has 0 rings (SSSR count). The SMILES string of the molecule is [2H]C([2H])([2H])C(C#N)C([2H])([2H])[2H]. The molecule has 5 heavy (non-hydrogen) atoms. The van der Waals surface area contributed by atoms with Crippen LogP contribution < -0.4 is 0 Å². The lowest BCUT2D eigenvalue weighted by atomic mass is 10.3. The molecule has 28 valence electrons. The Morgan fingerprint density at radius 1 is 2.00 bits per heavy atom. The molecule has 0 heterocycles. The zero-order chi connectivity index (χ0) is 9.28. The summed E-state index contributed by atoms with van der Waals surface area (Å²) in [5.41, 5.74) is 0. The van der Waals surface area contributed by atoms with Gasteiger partial charge in [-0.1, -0.05) is 0 Å². The molecule has 0 aromatic carbocycles. The highest BCUT2D eigenvalue weighted by Gasteiger charge is 1.78. The van der Waals surface area contributed by atoms with Gasteiger partial charge in [0.15, 0.2) is 0 Å². The summed E-state index contributed by atoms with van der Waals surface area (Å²) in [6.45, 7) is -5.44. The molecule has 0 N–H and O–H groups in total. The molecule has 0 aliphatic carbocycles. The van der Waals surface area contributed by atoms with E-state index >= 15 is 0 Å². The Kier molecular flexibility index (Phi) is 0.216. The number of nitrogens with zero attached hydrogens (tertiary/aromatic N) is 1. The van der Waals surface area contributed by atoms with Gasteiger partial charge >= 0.3 is 0 Å². The van der Waals surface area contributed by atoms with Crippen LogP contribution in [0.5, 0.6) is 0 Å². The first-order chi connectivity index (χ1) is 4.69. The Morgan fingerprint density at radius 3 is 2.60 bits per heavy atom. The van der Waals surface area contributed by atoms with Gasteiger partial charge in [-0.25, -0.2) is 0 Å². The summed E-state index contributed by atoms with van der Waals surface area (Å²) in [5, 5.41) is 8.23. The third-order valence-electron chi connectivity index (χ3n) is 0.129. The van der Waals surface area contributed by atoms with Crippen LogP contribution >= 0.6 is 0 Å². The summed E-state index contributed by atoms with van der Waals surface area (Å²) < 4.78 is 40.2. The van der Waals surface area contributed by atoms with Crippen LogP contribution in [0, 0.1) is 17.2 Å². The van der Waals surface area contributed by atoms with Crippen LogP contribution in [0.3, 0.4) is 0 Å². The monoisotopic (exact) mass is 75.1 g/mol. The Morgan fingerprint density at radius 2 is 2.60 bits per heavy atom. The highest BCUT2D eigenvalue weighted by Crippen LogP contribution is 1.81. The fraction of sp³-hybridized carbons (Fsp3) is 0.750. The first kappa shape index (κ1) is 0.607. The van der Waals surface area contributed by atoms with E-state index < -0.39 is 19.6 Å². The van der Waals surface area contributed by atoms with Gasteiger partial charge in [0.25, 0.3) is 0 Å². The van der Waals surface area contributed by atoms with E-state index in [0.717, 1.165) is 0 Å². The minimum atomic E-state index is -2.72. The largest absolute Gasteiger partial charge is 0.198 e. The lowest BCUT2D eigenvalue weighted by Crippen LogP contribution is -1.72. The first-order valence-corrected chi connectivity index (χ1v) is 1.09. The second-order valence-electron chi connectivity index (χ2n) is 0.562. The molecule has 0 unspecified atom stereocenters. The summed E-state index contributed by atoms with van der Waals surface area (Å²) in [6.07, 6.45) is 0. The average Bonchev–Trinajstić information content (AvgIpc) is 1.56. The Balaban J connectivity index is 4.60. The Bertz CT molecular complexity index is 156. The maximum atomic E-state index is 8.23. The van der Waals surface area contributed by atoms with Crippen molar-refractivity contribution in [1.82, 2.24) is 0 Å². The fourth-order valence-corrected chi connectivity index (χ4v) is 0. The van der Waals surface area contributed by atoms with Crippen LogP contribution in [0.25, 0.3) is 0 Å². The lowest BCUT2D eigenvalue weighted by Gasteiger charge is -1.75. The highest BCUT2D eigenvalue weighted by atomic mass is 14.2. The summed E-state index contributed by atoms with van der Waals surface area (Å²) in [7, 11) is 0. The van der Waals surface area contributed by atoms with Crippen molar-refractivity contribution in [3.05, 3.63) is 0 Å². The summed E-state index contributed by atoms with van der Waals surface area (Å²) in [4.78, 5) is 0. The fourth-order valence-electron chi connectivity index (χ4n) is 0. The van der Waals surface area contributed by atoms with Crippen molar-refractivity contribution in [3.63, 3.8) is 0 Å². The maximum absolute atomic E-state index is 8.23. The van der Waals surface area contributed by atoms with Crippen molar-refractivity contribution in [3.8, 4) is 6.07 Å². The van der Waals surface area contributed by atoms with E-state index in [9.17, 15) is 0 Å². The van der Waals surface area contributed by atoms with Gasteiger partial charge < -0.3 is 0 Å². The summed E-state index contributed by atoms with van der Waals surface area (Å²) in [6, 6.07) is 1.26. The third-order valence-corrected chi connectivity index (χ3v) is 0.129. The number of hydrogen-bond acceptors (Lipinski definition) is 1. The van der Waals surface area contributed by atoms with Crippen LogP contribution in [-0.2, 0) is 0 Å². The second kappa shape index (κ2) is 1.78. The van der Waals surface area contributed by atoms with Gasteiger partial charge in [0.05, 0.1) is 6.07 Å². The van der Waals surface area contributed by atoms with E-state index in [1.807, 2.05) is 0 Å². The van der Waals surface area contributed by atoms with E-state index in [1.54, 1.807) is 0 Å². The predicted molar refractivity (Wildman–Crippen MR) is 20.5 cm³/mol. The van der Waals surface area contributed by atoms with Crippen molar-refractivity contribution in [2.45, 2.75) is 13.7 Å². The molecule has 0 aliphatic heterocycles. The molecule has 0 saturated carbocycles. The van der Waals surface area contributed by atoms with Crippen molar-refractivity contribution >= 4 is 0 Å². The van der Waals surface area contributed by atoms with E-state index in [1.165, 1.54) is 6.07 Å². The van der Waals surface area contributed by atoms with Crippen molar-refractivity contribution in [2.75, 3.05) is 0 Å². The smallest absolute Gasteiger partial charge is 0.0649 e. The minimum absolute atomic E-state index is 1.26. The molecular weight excluding hydrogens is 62.1 g/mol. The quantitative estimate of drug-likeness (QED) is 0.424. The van der Waals surface area contributed by atoms with Gasteiger partial charge in [-0.3, -0.25) is 0 Å². The maximum Gasteiger partial charge on any atom is 0.0649 e. The van der Waals surface area contributed by atoms with Gasteiger partial charge in [0.2, 0.25) is 0 Å². The number of hydrogen-bond donors (Lipinski definition) is 0. The van der Waals surface area contributed by atoms with E-state index in [2.05, 4.69) is 0 Å². The van der Waals surface area contributed by atoms with Gasteiger partial charge in [-0.15, -0.1) is 0 Å². The van der Waals surface area contributed by atoms with E-state index in [-0.39, 0.29) is 0 Å². The molecule has 0 saturated heterocycles. The van der Waals surface area contributed by atoms with Crippen LogP contribution in [0.15, 0.2) is 0 Å². The van der Waals surface area contributed by atoms with Crippen molar-refractivity contribution in [2.24, 2.45) is 5.92 Å². The van der Waals surface area contributed by atoms with Crippen molar-refractivity contribution < 1.29 is 8.22 Å². The third kappa shape index (κ3) is 3.49. The molecule has 0 aliphatic rings. The van der Waals surface area contributed by atoms with Gasteiger partial charge in [0.1, 0.15) is 0 Å². The van der Waals surface area contributed by atoms with Crippen LogP contribution in [0.2, 0.25) is 0 Å². The van der Waals surface area contributed by atoms with Crippen LogP contribution in [0.1, 0.15) is 21.9 Å². The molecule has 0 aromatic heterocycles. The molecule has 0 atom stereocenters. The summed E-state index contributed by atoms with van der Waals surface area (Å²) in [5.74, 6) is -1.88. The molecular formula is C4H7N. The lowest BCUT2D eigenvalue weighted by molar-refractivity contribution is 0.849. The summed E-state index contributed by atoms with van der Waals surface area (Å²) >= 11 is 0.